The van der Waals surface area contributed by atoms with E-state index in [1.807, 2.05) is 13.0 Å². The van der Waals surface area contributed by atoms with Gasteiger partial charge < -0.3 is 10.4 Å². The molecular weight excluding hydrogens is 500 g/mol. The Labute approximate surface area is 219 Å². The predicted octanol–water partition coefficient (Wildman–Crippen LogP) is 6.05. The van der Waals surface area contributed by atoms with Crippen molar-refractivity contribution in [1.29, 1.82) is 0 Å². The van der Waals surface area contributed by atoms with Crippen molar-refractivity contribution >= 4 is 29.2 Å². The van der Waals surface area contributed by atoms with Gasteiger partial charge in [-0.25, -0.2) is 13.8 Å². The van der Waals surface area contributed by atoms with Gasteiger partial charge in [-0.3, -0.25) is 14.8 Å². The SMILES string of the molecule is CCC1CC(Cc2nc(Nc3cc(C4CC4)[nH]n3)ccc2F)(C(=O)O)CCN1Cc1cccc(Cl)c1F. The number of benzene rings is 1. The molecule has 1 saturated heterocycles. The highest BCUT2D eigenvalue weighted by Crippen LogP contribution is 2.41. The largest absolute Gasteiger partial charge is 0.481 e. The molecule has 0 radical (unpaired) electrons. The van der Waals surface area contributed by atoms with Gasteiger partial charge in [0.1, 0.15) is 17.5 Å². The van der Waals surface area contributed by atoms with E-state index >= 15 is 0 Å². The third-order valence-electron chi connectivity index (χ3n) is 7.65. The van der Waals surface area contributed by atoms with Crippen LogP contribution in [0.25, 0.3) is 0 Å². The van der Waals surface area contributed by atoms with E-state index in [1.165, 1.54) is 18.2 Å². The number of halogens is 3. The second kappa shape index (κ2) is 10.4. The van der Waals surface area contributed by atoms with Crippen LogP contribution in [-0.2, 0) is 17.8 Å². The number of aliphatic carboxylic acids is 1. The lowest BCUT2D eigenvalue weighted by atomic mass is 9.71. The number of hydrogen-bond acceptors (Lipinski definition) is 5. The molecule has 3 heterocycles. The van der Waals surface area contributed by atoms with Crippen molar-refractivity contribution in [1.82, 2.24) is 20.1 Å². The zero-order valence-corrected chi connectivity index (χ0v) is 21.4. The van der Waals surface area contributed by atoms with E-state index in [-0.39, 0.29) is 23.2 Å². The van der Waals surface area contributed by atoms with E-state index in [2.05, 4.69) is 25.4 Å². The molecule has 37 heavy (non-hydrogen) atoms. The first kappa shape index (κ1) is 25.6. The van der Waals surface area contributed by atoms with Crippen LogP contribution in [0.5, 0.6) is 0 Å². The van der Waals surface area contributed by atoms with Gasteiger partial charge in [0.2, 0.25) is 0 Å². The number of piperidine rings is 1. The summed E-state index contributed by atoms with van der Waals surface area (Å²) in [5.41, 5.74) is 0.463. The number of nitrogens with one attached hydrogen (secondary N) is 2. The van der Waals surface area contributed by atoms with Gasteiger partial charge in [-0.2, -0.15) is 5.10 Å². The molecule has 3 N–H and O–H groups in total. The molecule has 5 rings (SSSR count). The molecule has 2 unspecified atom stereocenters. The zero-order chi connectivity index (χ0) is 26.2. The van der Waals surface area contributed by atoms with E-state index in [1.54, 1.807) is 12.1 Å². The number of rotatable bonds is 9. The minimum Gasteiger partial charge on any atom is -0.481 e. The maximum atomic E-state index is 14.9. The Morgan fingerprint density at radius 3 is 2.81 bits per heavy atom. The van der Waals surface area contributed by atoms with Crippen LogP contribution in [0.1, 0.15) is 61.9 Å². The quantitative estimate of drug-likeness (QED) is 0.312. The van der Waals surface area contributed by atoms with Crippen LogP contribution in [-0.4, -0.2) is 43.7 Å². The van der Waals surface area contributed by atoms with E-state index in [4.69, 9.17) is 11.6 Å². The van der Waals surface area contributed by atoms with Crippen LogP contribution < -0.4 is 5.32 Å². The number of anilines is 2. The van der Waals surface area contributed by atoms with Crippen molar-refractivity contribution in [3.8, 4) is 0 Å². The lowest BCUT2D eigenvalue weighted by Gasteiger charge is -2.44. The maximum absolute atomic E-state index is 14.9. The zero-order valence-electron chi connectivity index (χ0n) is 20.6. The molecule has 0 amide bonds. The molecule has 10 heteroatoms. The van der Waals surface area contributed by atoms with Crippen molar-refractivity contribution in [3.63, 3.8) is 0 Å². The van der Waals surface area contributed by atoms with Crippen LogP contribution in [0.3, 0.4) is 0 Å². The van der Waals surface area contributed by atoms with Crippen LogP contribution in [0.2, 0.25) is 5.02 Å². The van der Waals surface area contributed by atoms with Crippen LogP contribution in [0, 0.1) is 17.0 Å². The predicted molar refractivity (Wildman–Crippen MR) is 137 cm³/mol. The second-order valence-electron chi connectivity index (χ2n) is 10.2. The summed E-state index contributed by atoms with van der Waals surface area (Å²) in [5.74, 6) is -0.447. The number of carboxylic acid groups (broad SMARTS) is 1. The van der Waals surface area contributed by atoms with Crippen LogP contribution in [0.4, 0.5) is 20.4 Å². The minimum atomic E-state index is -1.18. The topological polar surface area (TPSA) is 94.1 Å². The van der Waals surface area contributed by atoms with Gasteiger partial charge in [0.25, 0.3) is 0 Å². The number of pyridine rings is 1. The third-order valence-corrected chi connectivity index (χ3v) is 7.94. The summed E-state index contributed by atoms with van der Waals surface area (Å²) in [6.45, 7) is 2.75. The van der Waals surface area contributed by atoms with Crippen molar-refractivity contribution in [2.75, 3.05) is 11.9 Å². The molecule has 2 fully saturated rings. The molecule has 2 aliphatic rings. The summed E-state index contributed by atoms with van der Waals surface area (Å²) < 4.78 is 29.4. The number of carboxylic acids is 1. The van der Waals surface area contributed by atoms with Gasteiger partial charge >= 0.3 is 5.97 Å². The Kier molecular flexibility index (Phi) is 7.18. The van der Waals surface area contributed by atoms with Gasteiger partial charge in [0.15, 0.2) is 5.82 Å². The number of aromatic nitrogens is 3. The van der Waals surface area contributed by atoms with E-state index in [9.17, 15) is 18.7 Å². The lowest BCUT2D eigenvalue weighted by Crippen LogP contribution is -2.50. The third kappa shape index (κ3) is 5.48. The molecule has 0 spiro atoms. The summed E-state index contributed by atoms with van der Waals surface area (Å²) in [7, 11) is 0. The molecule has 0 bridgehead atoms. The summed E-state index contributed by atoms with van der Waals surface area (Å²) in [5, 5.41) is 20.7. The number of hydrogen-bond donors (Lipinski definition) is 3. The first-order chi connectivity index (χ1) is 17.8. The standard InChI is InChI=1S/C27H30ClF2N5O2/c1-2-18-13-27(26(36)37,10-11-35(18)15-17-4-3-5-19(28)25(17)30)14-22-20(29)8-9-23(31-22)32-24-12-21(33-34-24)16-6-7-16/h3-5,8-9,12,16,18H,2,6-7,10-11,13-15H2,1H3,(H,36,37)(H2,31,32,33,34). The fourth-order valence-corrected chi connectivity index (χ4v) is 5.48. The molecule has 3 aromatic rings. The fraction of sp³-hybridized carbons (Fsp3) is 0.444. The lowest BCUT2D eigenvalue weighted by molar-refractivity contribution is -0.154. The highest BCUT2D eigenvalue weighted by Gasteiger charge is 2.46. The molecule has 1 saturated carbocycles. The number of likely N-dealkylation sites (tertiary alicyclic amines) is 1. The van der Waals surface area contributed by atoms with Crippen molar-refractivity contribution in [2.24, 2.45) is 5.41 Å². The van der Waals surface area contributed by atoms with Crippen molar-refractivity contribution in [2.45, 2.75) is 64.0 Å². The number of carbonyl (C=O) groups is 1. The summed E-state index contributed by atoms with van der Waals surface area (Å²) in [6.07, 6.45) is 3.53. The second-order valence-corrected chi connectivity index (χ2v) is 10.6. The van der Waals surface area contributed by atoms with Crippen molar-refractivity contribution in [3.05, 3.63) is 70.0 Å². The molecule has 1 aromatic carbocycles. The van der Waals surface area contributed by atoms with Crippen LogP contribution in [0.15, 0.2) is 36.4 Å². The Balaban J connectivity index is 1.33. The van der Waals surface area contributed by atoms with Crippen molar-refractivity contribution < 1.29 is 18.7 Å². The molecular formula is C27H30ClF2N5O2. The average molecular weight is 530 g/mol. The van der Waals surface area contributed by atoms with E-state index in [0.29, 0.717) is 55.5 Å². The molecule has 2 aromatic heterocycles. The minimum absolute atomic E-state index is 0.0343. The Morgan fingerprint density at radius 2 is 2.08 bits per heavy atom. The smallest absolute Gasteiger partial charge is 0.310 e. The highest BCUT2D eigenvalue weighted by molar-refractivity contribution is 6.30. The monoisotopic (exact) mass is 529 g/mol. The summed E-state index contributed by atoms with van der Waals surface area (Å²) in [4.78, 5) is 19.1. The van der Waals surface area contributed by atoms with E-state index in [0.717, 1.165) is 18.5 Å². The molecule has 1 aliphatic carbocycles. The normalized spacial score (nSPS) is 22.2. The molecule has 2 atom stereocenters. The first-order valence-electron chi connectivity index (χ1n) is 12.7. The maximum Gasteiger partial charge on any atom is 0.310 e. The first-order valence-corrected chi connectivity index (χ1v) is 13.0. The van der Waals surface area contributed by atoms with E-state index < -0.39 is 23.0 Å². The fourth-order valence-electron chi connectivity index (χ4n) is 5.29. The average Bonchev–Trinajstić information content (AvgIpc) is 3.63. The summed E-state index contributed by atoms with van der Waals surface area (Å²) in [6, 6.07) is 9.54. The molecule has 7 nitrogen and oxygen atoms in total. The Morgan fingerprint density at radius 1 is 1.27 bits per heavy atom. The number of aromatic amines is 1. The highest BCUT2D eigenvalue weighted by atomic mass is 35.5. The van der Waals surface area contributed by atoms with Gasteiger partial charge in [0, 0.05) is 42.2 Å². The number of H-pyrrole nitrogens is 1. The van der Waals surface area contributed by atoms with Gasteiger partial charge in [0.05, 0.1) is 16.1 Å². The summed E-state index contributed by atoms with van der Waals surface area (Å²) >= 11 is 5.95. The van der Waals surface area contributed by atoms with Gasteiger partial charge in [-0.15, -0.1) is 0 Å². The Hall–Kier alpha value is -3.04. The number of nitrogens with zero attached hydrogens (tertiary/aromatic N) is 3. The van der Waals surface area contributed by atoms with Gasteiger partial charge in [-0.1, -0.05) is 30.7 Å². The molecule has 196 valence electrons. The molecule has 1 aliphatic heterocycles. The Bertz CT molecular complexity index is 1300. The van der Waals surface area contributed by atoms with Crippen LogP contribution >= 0.6 is 11.6 Å². The van der Waals surface area contributed by atoms with Gasteiger partial charge in [-0.05, 0) is 56.8 Å².